The number of hydrogen-bond acceptors (Lipinski definition) is 7. The number of benzene rings is 2. The van der Waals surface area contributed by atoms with Gasteiger partial charge in [0.15, 0.2) is 11.5 Å². The molecule has 2 heterocycles. The van der Waals surface area contributed by atoms with Crippen LogP contribution in [0.3, 0.4) is 0 Å². The van der Waals surface area contributed by atoms with Crippen molar-refractivity contribution in [2.45, 2.75) is 39.5 Å². The maximum Gasteiger partial charge on any atom is 0.295 e. The van der Waals surface area contributed by atoms with Crippen molar-refractivity contribution in [3.8, 4) is 17.2 Å². The first-order valence-electron chi connectivity index (χ1n) is 11.3. The Morgan fingerprint density at radius 2 is 1.86 bits per heavy atom. The molecule has 35 heavy (non-hydrogen) atoms. The van der Waals surface area contributed by atoms with Crippen molar-refractivity contribution < 1.29 is 29.3 Å². The number of carbonyl (C=O) groups excluding carboxylic acids is 2. The highest BCUT2D eigenvalue weighted by Crippen LogP contribution is 2.42. The number of Topliss-reactive ketones (excluding diaryl/α,β-unsaturated/α-hetero) is 1. The zero-order chi connectivity index (χ0) is 25.1. The van der Waals surface area contributed by atoms with Crippen LogP contribution in [0.4, 0.5) is 0 Å². The van der Waals surface area contributed by atoms with Gasteiger partial charge in [-0.15, -0.1) is 11.3 Å². The van der Waals surface area contributed by atoms with Gasteiger partial charge < -0.3 is 24.6 Å². The molecule has 182 valence electrons. The van der Waals surface area contributed by atoms with E-state index in [4.69, 9.17) is 9.47 Å². The van der Waals surface area contributed by atoms with Crippen molar-refractivity contribution in [2.24, 2.45) is 0 Å². The summed E-state index contributed by atoms with van der Waals surface area (Å²) in [5, 5.41) is 23.3. The van der Waals surface area contributed by atoms with Gasteiger partial charge in [0.2, 0.25) is 0 Å². The predicted octanol–water partition coefficient (Wildman–Crippen LogP) is 5.26. The number of aliphatic hydroxyl groups is 1. The maximum absolute atomic E-state index is 13.2. The molecule has 0 radical (unpaired) electrons. The summed E-state index contributed by atoms with van der Waals surface area (Å²) in [5.41, 5.74) is 0.921. The topological polar surface area (TPSA) is 96.3 Å². The summed E-state index contributed by atoms with van der Waals surface area (Å²) >= 11 is 1.47. The van der Waals surface area contributed by atoms with E-state index in [1.165, 1.54) is 22.3 Å². The number of phenols is 1. The number of amides is 1. The lowest BCUT2D eigenvalue weighted by atomic mass is 9.95. The Bertz CT molecular complexity index is 1250. The Hall–Kier alpha value is -3.78. The number of ketones is 1. The second-order valence-electron chi connectivity index (χ2n) is 8.36. The lowest BCUT2D eigenvalue weighted by molar-refractivity contribution is -0.140. The number of aromatic hydroxyl groups is 1. The van der Waals surface area contributed by atoms with Gasteiger partial charge in [-0.05, 0) is 74.2 Å². The molecular formula is C27H27NO6S. The van der Waals surface area contributed by atoms with E-state index in [2.05, 4.69) is 0 Å². The largest absolute Gasteiger partial charge is 0.507 e. The first kappa shape index (κ1) is 24.3. The Morgan fingerprint density at radius 1 is 1.11 bits per heavy atom. The zero-order valence-electron chi connectivity index (χ0n) is 19.7. The fraction of sp³-hybridized carbons (Fsp3) is 0.259. The van der Waals surface area contributed by atoms with Crippen molar-refractivity contribution in [1.82, 2.24) is 4.90 Å². The Kier molecular flexibility index (Phi) is 7.12. The fourth-order valence-corrected chi connectivity index (χ4v) is 4.75. The van der Waals surface area contributed by atoms with E-state index in [-0.39, 0.29) is 35.5 Å². The van der Waals surface area contributed by atoms with E-state index in [1.807, 2.05) is 31.4 Å². The third kappa shape index (κ3) is 5.02. The molecule has 1 saturated heterocycles. The minimum atomic E-state index is -0.858. The Morgan fingerprint density at radius 3 is 2.49 bits per heavy atom. The molecule has 4 rings (SSSR count). The van der Waals surface area contributed by atoms with Crippen molar-refractivity contribution in [1.29, 1.82) is 0 Å². The van der Waals surface area contributed by atoms with E-state index in [0.717, 1.165) is 4.88 Å². The minimum absolute atomic E-state index is 0.00828. The predicted molar refractivity (Wildman–Crippen MR) is 134 cm³/mol. The van der Waals surface area contributed by atoms with Crippen LogP contribution in [0.1, 0.15) is 42.8 Å². The zero-order valence-corrected chi connectivity index (χ0v) is 20.5. The van der Waals surface area contributed by atoms with Crippen LogP contribution in [0.25, 0.3) is 5.76 Å². The number of nitrogens with zero attached hydrogens (tertiary/aromatic N) is 1. The van der Waals surface area contributed by atoms with Gasteiger partial charge in [0.25, 0.3) is 11.7 Å². The standard InChI is InChI=1S/C27H27NO6S/c1-4-33-22-14-18(9-12-21(22)29)24-23(25(30)17-7-10-19(11-8-17)34-16(2)3)26(31)27(32)28(24)15-20-6-5-13-35-20/h5-14,16,24,29-30H,4,15H2,1-3H3/b25-23-. The summed E-state index contributed by atoms with van der Waals surface area (Å²) in [6, 6.07) is 14.3. The van der Waals surface area contributed by atoms with Crippen LogP contribution in [-0.2, 0) is 16.1 Å². The summed E-state index contributed by atoms with van der Waals surface area (Å²) < 4.78 is 11.2. The van der Waals surface area contributed by atoms with E-state index in [1.54, 1.807) is 43.3 Å². The molecule has 1 aromatic heterocycles. The lowest BCUT2D eigenvalue weighted by Crippen LogP contribution is -2.28. The maximum atomic E-state index is 13.2. The van der Waals surface area contributed by atoms with E-state index >= 15 is 0 Å². The van der Waals surface area contributed by atoms with Gasteiger partial charge in [0.1, 0.15) is 11.5 Å². The third-order valence-corrected chi connectivity index (χ3v) is 6.41. The molecule has 1 aliphatic rings. The summed E-state index contributed by atoms with van der Waals surface area (Å²) in [6.45, 7) is 6.16. The molecule has 0 saturated carbocycles. The average Bonchev–Trinajstić information content (AvgIpc) is 3.43. The number of hydrogen-bond donors (Lipinski definition) is 2. The number of rotatable bonds is 8. The van der Waals surface area contributed by atoms with Crippen molar-refractivity contribution in [3.63, 3.8) is 0 Å². The number of ether oxygens (including phenoxy) is 2. The highest BCUT2D eigenvalue weighted by molar-refractivity contribution is 7.09. The molecule has 1 fully saturated rings. The first-order chi connectivity index (χ1) is 16.8. The number of carbonyl (C=O) groups is 2. The van der Waals surface area contributed by atoms with Crippen LogP contribution in [0.2, 0.25) is 0 Å². The molecule has 3 aromatic rings. The average molecular weight is 494 g/mol. The van der Waals surface area contributed by atoms with Gasteiger partial charge >= 0.3 is 0 Å². The van der Waals surface area contributed by atoms with Gasteiger partial charge in [0.05, 0.1) is 30.9 Å². The van der Waals surface area contributed by atoms with Gasteiger partial charge in [-0.25, -0.2) is 0 Å². The molecule has 8 heteroatoms. The van der Waals surface area contributed by atoms with Gasteiger partial charge in [-0.3, -0.25) is 9.59 Å². The van der Waals surface area contributed by atoms with Crippen molar-refractivity contribution in [3.05, 3.63) is 81.6 Å². The third-order valence-electron chi connectivity index (χ3n) is 5.55. The number of aliphatic hydroxyl groups excluding tert-OH is 1. The minimum Gasteiger partial charge on any atom is -0.507 e. The molecule has 0 aliphatic carbocycles. The lowest BCUT2D eigenvalue weighted by Gasteiger charge is -2.25. The Balaban J connectivity index is 1.82. The van der Waals surface area contributed by atoms with Crippen LogP contribution < -0.4 is 9.47 Å². The molecule has 2 aromatic carbocycles. The molecule has 2 N–H and O–H groups in total. The van der Waals surface area contributed by atoms with Crippen molar-refractivity contribution >= 4 is 28.8 Å². The molecule has 1 amide bonds. The highest BCUT2D eigenvalue weighted by Gasteiger charge is 2.46. The molecule has 1 atom stereocenters. The molecule has 1 unspecified atom stereocenters. The van der Waals surface area contributed by atoms with Gasteiger partial charge in [-0.2, -0.15) is 0 Å². The highest BCUT2D eigenvalue weighted by atomic mass is 32.1. The van der Waals surface area contributed by atoms with E-state index < -0.39 is 17.7 Å². The fourth-order valence-electron chi connectivity index (χ4n) is 4.05. The van der Waals surface area contributed by atoms with Crippen LogP contribution in [-0.4, -0.2) is 39.5 Å². The van der Waals surface area contributed by atoms with Gasteiger partial charge in [-0.1, -0.05) is 12.1 Å². The smallest absolute Gasteiger partial charge is 0.295 e. The summed E-state index contributed by atoms with van der Waals surface area (Å²) in [6.07, 6.45) is -0.00828. The summed E-state index contributed by atoms with van der Waals surface area (Å²) in [4.78, 5) is 28.7. The van der Waals surface area contributed by atoms with Crippen LogP contribution >= 0.6 is 11.3 Å². The number of phenolic OH excluding ortho intramolecular Hbond substituents is 1. The second-order valence-corrected chi connectivity index (χ2v) is 9.39. The van der Waals surface area contributed by atoms with Crippen molar-refractivity contribution in [2.75, 3.05) is 6.61 Å². The SMILES string of the molecule is CCOc1cc(C2/C(=C(/O)c3ccc(OC(C)C)cc3)C(=O)C(=O)N2Cc2cccs2)ccc1O. The molecule has 7 nitrogen and oxygen atoms in total. The van der Waals surface area contributed by atoms with Gasteiger partial charge in [0, 0.05) is 10.4 Å². The van der Waals surface area contributed by atoms with E-state index in [0.29, 0.717) is 23.5 Å². The normalized spacial score (nSPS) is 17.3. The molecular weight excluding hydrogens is 466 g/mol. The second kappa shape index (κ2) is 10.2. The molecule has 1 aliphatic heterocycles. The summed E-state index contributed by atoms with van der Waals surface area (Å²) in [5.74, 6) is -0.919. The van der Waals surface area contributed by atoms with Crippen LogP contribution in [0.15, 0.2) is 65.6 Å². The van der Waals surface area contributed by atoms with Crippen LogP contribution in [0.5, 0.6) is 17.2 Å². The first-order valence-corrected chi connectivity index (χ1v) is 12.2. The molecule has 0 spiro atoms. The number of likely N-dealkylation sites (tertiary alicyclic amines) is 1. The monoisotopic (exact) mass is 493 g/mol. The molecule has 0 bridgehead atoms. The Labute approximate surface area is 207 Å². The van der Waals surface area contributed by atoms with Crippen LogP contribution in [0, 0.1) is 0 Å². The van der Waals surface area contributed by atoms with E-state index in [9.17, 15) is 19.8 Å². The quantitative estimate of drug-likeness (QED) is 0.252. The summed E-state index contributed by atoms with van der Waals surface area (Å²) in [7, 11) is 0. The number of thiophene rings is 1.